The number of carbonyl (C=O) groups is 3. The number of nitrogens with two attached hydrogens (primary N) is 1. The molecule has 2 rings (SSSR count). The van der Waals surface area contributed by atoms with E-state index in [0.29, 0.717) is 5.56 Å². The molecule has 0 spiro atoms. The molecule has 0 unspecified atom stereocenters. The van der Waals surface area contributed by atoms with Crippen molar-refractivity contribution in [3.8, 4) is 5.75 Å². The van der Waals surface area contributed by atoms with E-state index in [-0.39, 0.29) is 37.8 Å². The lowest BCUT2D eigenvalue weighted by molar-refractivity contribution is -0.118. The Morgan fingerprint density at radius 1 is 1.22 bits per heavy atom. The summed E-state index contributed by atoms with van der Waals surface area (Å²) in [6.45, 7) is 2.93. The summed E-state index contributed by atoms with van der Waals surface area (Å²) >= 11 is 12.9. The van der Waals surface area contributed by atoms with E-state index in [1.165, 1.54) is 0 Å². The summed E-state index contributed by atoms with van der Waals surface area (Å²) < 4.78 is 10.3. The second-order valence-corrected chi connectivity index (χ2v) is 7.07. The Labute approximate surface area is 169 Å². The van der Waals surface area contributed by atoms with Gasteiger partial charge in [0.1, 0.15) is 5.00 Å². The van der Waals surface area contributed by atoms with Crippen molar-refractivity contribution >= 4 is 57.3 Å². The van der Waals surface area contributed by atoms with Crippen molar-refractivity contribution in [3.05, 3.63) is 44.2 Å². The van der Waals surface area contributed by atoms with E-state index >= 15 is 0 Å². The summed E-state index contributed by atoms with van der Waals surface area (Å²) in [5, 5.41) is 3.20. The minimum Gasteiger partial charge on any atom is -0.481 e. The Morgan fingerprint density at radius 3 is 2.41 bits per heavy atom. The standard InChI is InChI=1S/C17H16Cl2N2O5S/c1-3-25-17(24)12-8(2)14(15(20)23)27-16(12)21-11(22)7-26-13-9(18)5-4-6-10(13)19/h4-6H,3,7H2,1-2H3,(H2,20,23)(H,21,22). The zero-order chi connectivity index (χ0) is 20.1. The minimum atomic E-state index is -0.706. The van der Waals surface area contributed by atoms with E-state index in [2.05, 4.69) is 5.32 Å². The molecule has 144 valence electrons. The van der Waals surface area contributed by atoms with Gasteiger partial charge in [-0.15, -0.1) is 11.3 Å². The third-order valence-electron chi connectivity index (χ3n) is 3.37. The first-order chi connectivity index (χ1) is 12.8. The highest BCUT2D eigenvalue weighted by atomic mass is 35.5. The van der Waals surface area contributed by atoms with E-state index in [4.69, 9.17) is 38.4 Å². The van der Waals surface area contributed by atoms with Gasteiger partial charge in [-0.2, -0.15) is 0 Å². The molecule has 0 aliphatic heterocycles. The van der Waals surface area contributed by atoms with Crippen LogP contribution in [0, 0.1) is 6.92 Å². The van der Waals surface area contributed by atoms with E-state index in [1.54, 1.807) is 32.0 Å². The van der Waals surface area contributed by atoms with Gasteiger partial charge in [0, 0.05) is 0 Å². The molecule has 2 amide bonds. The van der Waals surface area contributed by atoms with Gasteiger partial charge in [0.05, 0.1) is 27.1 Å². The Balaban J connectivity index is 2.20. The molecule has 27 heavy (non-hydrogen) atoms. The van der Waals surface area contributed by atoms with E-state index < -0.39 is 24.4 Å². The van der Waals surface area contributed by atoms with Gasteiger partial charge >= 0.3 is 5.97 Å². The summed E-state index contributed by atoms with van der Waals surface area (Å²) in [5.41, 5.74) is 5.75. The highest BCUT2D eigenvalue weighted by Gasteiger charge is 2.25. The number of benzene rings is 1. The zero-order valence-electron chi connectivity index (χ0n) is 14.4. The maximum atomic E-state index is 12.2. The number of amides is 2. The highest BCUT2D eigenvalue weighted by Crippen LogP contribution is 2.34. The third kappa shape index (κ3) is 4.91. The van der Waals surface area contributed by atoms with Gasteiger partial charge in [-0.25, -0.2) is 4.79 Å². The summed E-state index contributed by atoms with van der Waals surface area (Å²) in [7, 11) is 0. The predicted molar refractivity (Wildman–Crippen MR) is 104 cm³/mol. The van der Waals surface area contributed by atoms with Crippen molar-refractivity contribution in [2.45, 2.75) is 13.8 Å². The molecule has 0 radical (unpaired) electrons. The van der Waals surface area contributed by atoms with Crippen LogP contribution in [0.3, 0.4) is 0 Å². The Hall–Kier alpha value is -2.29. The number of halogens is 2. The van der Waals surface area contributed by atoms with Crippen molar-refractivity contribution in [2.24, 2.45) is 5.73 Å². The molecule has 2 aromatic rings. The van der Waals surface area contributed by atoms with Crippen molar-refractivity contribution in [1.82, 2.24) is 0 Å². The first-order valence-corrected chi connectivity index (χ1v) is 9.30. The monoisotopic (exact) mass is 430 g/mol. The number of primary amides is 1. The molecule has 0 aliphatic rings. The number of thiophene rings is 1. The molecule has 1 aromatic heterocycles. The van der Waals surface area contributed by atoms with Crippen LogP contribution in [0.15, 0.2) is 18.2 Å². The number of carbonyl (C=O) groups excluding carboxylic acids is 3. The van der Waals surface area contributed by atoms with E-state index in [9.17, 15) is 14.4 Å². The molecule has 10 heteroatoms. The first kappa shape index (κ1) is 21.0. The molecule has 0 aliphatic carbocycles. The average molecular weight is 431 g/mol. The van der Waals surface area contributed by atoms with Crippen LogP contribution in [0.5, 0.6) is 5.75 Å². The number of anilines is 1. The van der Waals surface area contributed by atoms with Gasteiger partial charge in [0.2, 0.25) is 0 Å². The van der Waals surface area contributed by atoms with Crippen LogP contribution in [-0.2, 0) is 9.53 Å². The lowest BCUT2D eigenvalue weighted by Crippen LogP contribution is -2.21. The SMILES string of the molecule is CCOC(=O)c1c(NC(=O)COc2c(Cl)cccc2Cl)sc(C(N)=O)c1C. The zero-order valence-corrected chi connectivity index (χ0v) is 16.8. The van der Waals surface area contributed by atoms with E-state index in [1.807, 2.05) is 0 Å². The Bertz CT molecular complexity index is 877. The molecule has 0 atom stereocenters. The topological polar surface area (TPSA) is 108 Å². The number of esters is 1. The first-order valence-electron chi connectivity index (χ1n) is 7.73. The molecular formula is C17H16Cl2N2O5S. The molecule has 3 N–H and O–H groups in total. The van der Waals surface area contributed by atoms with Gasteiger partial charge in [-0.3, -0.25) is 9.59 Å². The van der Waals surface area contributed by atoms with Gasteiger partial charge in [0.15, 0.2) is 12.4 Å². The van der Waals surface area contributed by atoms with Crippen LogP contribution in [0.25, 0.3) is 0 Å². The van der Waals surface area contributed by atoms with Crippen molar-refractivity contribution in [1.29, 1.82) is 0 Å². The fourth-order valence-corrected chi connectivity index (χ4v) is 3.78. The molecule has 7 nitrogen and oxygen atoms in total. The summed E-state index contributed by atoms with van der Waals surface area (Å²) in [5.74, 6) is -1.78. The van der Waals surface area contributed by atoms with Gasteiger partial charge in [-0.1, -0.05) is 29.3 Å². The number of para-hydroxylation sites is 1. The maximum Gasteiger partial charge on any atom is 0.341 e. The van der Waals surface area contributed by atoms with Crippen LogP contribution in [0.2, 0.25) is 10.0 Å². The normalized spacial score (nSPS) is 10.4. The highest BCUT2D eigenvalue weighted by molar-refractivity contribution is 7.18. The minimum absolute atomic E-state index is 0.0831. The fourth-order valence-electron chi connectivity index (χ4n) is 2.21. The molecule has 0 bridgehead atoms. The Kier molecular flexibility index (Phi) is 7.06. The molecule has 1 heterocycles. The van der Waals surface area contributed by atoms with Gasteiger partial charge < -0.3 is 20.5 Å². The predicted octanol–water partition coefficient (Wildman–Crippen LogP) is 3.66. The van der Waals surface area contributed by atoms with Gasteiger partial charge in [0.25, 0.3) is 11.8 Å². The molecule has 0 fully saturated rings. The molecule has 0 saturated heterocycles. The van der Waals surface area contributed by atoms with Gasteiger partial charge in [-0.05, 0) is 31.5 Å². The quantitative estimate of drug-likeness (QED) is 0.651. The van der Waals surface area contributed by atoms with Crippen LogP contribution in [-0.4, -0.2) is 31.0 Å². The summed E-state index contributed by atoms with van der Waals surface area (Å²) in [4.78, 5) is 36.1. The summed E-state index contributed by atoms with van der Waals surface area (Å²) in [6.07, 6.45) is 0. The number of rotatable bonds is 7. The largest absolute Gasteiger partial charge is 0.481 e. The fraction of sp³-hybridized carbons (Fsp3) is 0.235. The number of ether oxygens (including phenoxy) is 2. The number of hydrogen-bond acceptors (Lipinski definition) is 6. The van der Waals surface area contributed by atoms with E-state index in [0.717, 1.165) is 11.3 Å². The smallest absolute Gasteiger partial charge is 0.341 e. The van der Waals surface area contributed by atoms with Crippen LogP contribution >= 0.6 is 34.5 Å². The second-order valence-electron chi connectivity index (χ2n) is 5.23. The third-order valence-corrected chi connectivity index (χ3v) is 5.19. The number of nitrogens with one attached hydrogen (secondary N) is 1. The van der Waals surface area contributed by atoms with Crippen LogP contribution in [0.4, 0.5) is 5.00 Å². The van der Waals surface area contributed by atoms with Crippen molar-refractivity contribution in [3.63, 3.8) is 0 Å². The van der Waals surface area contributed by atoms with Crippen LogP contribution < -0.4 is 15.8 Å². The average Bonchev–Trinajstić information content (AvgIpc) is 2.91. The second kappa shape index (κ2) is 9.07. The molecule has 0 saturated carbocycles. The lowest BCUT2D eigenvalue weighted by Gasteiger charge is -2.10. The van der Waals surface area contributed by atoms with Crippen molar-refractivity contribution in [2.75, 3.05) is 18.5 Å². The maximum absolute atomic E-state index is 12.2. The Morgan fingerprint density at radius 2 is 1.85 bits per heavy atom. The summed E-state index contributed by atoms with van der Waals surface area (Å²) in [6, 6.07) is 4.78. The lowest BCUT2D eigenvalue weighted by atomic mass is 10.1. The van der Waals surface area contributed by atoms with Crippen LogP contribution in [0.1, 0.15) is 32.5 Å². The molecule has 1 aromatic carbocycles. The van der Waals surface area contributed by atoms with Crippen molar-refractivity contribution < 1.29 is 23.9 Å². The number of hydrogen-bond donors (Lipinski definition) is 2. The molecular weight excluding hydrogens is 415 g/mol.